The molecular weight excluding hydrogens is 264 g/mol. The van der Waals surface area contributed by atoms with Gasteiger partial charge in [-0.1, -0.05) is 46.8 Å². The van der Waals surface area contributed by atoms with Crippen molar-refractivity contribution in [3.63, 3.8) is 0 Å². The molecule has 0 aliphatic rings. The minimum Gasteiger partial charge on any atom is -0.491 e. The highest BCUT2D eigenvalue weighted by Crippen LogP contribution is 2.36. The van der Waals surface area contributed by atoms with Crippen LogP contribution in [0.2, 0.25) is 0 Å². The molecule has 0 saturated heterocycles. The largest absolute Gasteiger partial charge is 0.491 e. The maximum atomic E-state index is 8.99. The van der Waals surface area contributed by atoms with Crippen LogP contribution in [0.4, 0.5) is 0 Å². The van der Waals surface area contributed by atoms with Gasteiger partial charge in [0.15, 0.2) is 6.29 Å². The quantitative estimate of drug-likeness (QED) is 0.607. The monoisotopic (exact) mass is 294 g/mol. The van der Waals surface area contributed by atoms with Gasteiger partial charge in [-0.25, -0.2) is 0 Å². The molecule has 1 N–H and O–H groups in total. The third-order valence-corrected chi connectivity index (χ3v) is 3.32. The standard InChI is InChI=1S/C18H30O3/c1-14(19)20-11-12-21-16-9-7-15(8-10-16)18(5,6)13-17(2,3)4/h7-10,14,19H,11-13H2,1-6H3. The van der Waals surface area contributed by atoms with Crippen molar-refractivity contribution in [1.29, 1.82) is 0 Å². The number of hydrogen-bond acceptors (Lipinski definition) is 3. The second-order valence-corrected chi connectivity index (χ2v) is 7.46. The Balaban J connectivity index is 2.57. The van der Waals surface area contributed by atoms with Crippen LogP contribution in [0, 0.1) is 5.41 Å². The Labute approximate surface area is 129 Å². The summed E-state index contributed by atoms with van der Waals surface area (Å²) in [6, 6.07) is 8.28. The molecular formula is C18H30O3. The average molecular weight is 294 g/mol. The van der Waals surface area contributed by atoms with Gasteiger partial charge < -0.3 is 14.6 Å². The van der Waals surface area contributed by atoms with Gasteiger partial charge in [0.25, 0.3) is 0 Å². The number of rotatable bonds is 7. The van der Waals surface area contributed by atoms with Crippen molar-refractivity contribution in [2.24, 2.45) is 5.41 Å². The molecule has 0 aromatic heterocycles. The Hall–Kier alpha value is -1.06. The zero-order chi connectivity index (χ0) is 16.1. The summed E-state index contributed by atoms with van der Waals surface area (Å²) in [6.07, 6.45) is 0.386. The molecule has 120 valence electrons. The van der Waals surface area contributed by atoms with Crippen LogP contribution in [0.25, 0.3) is 0 Å². The summed E-state index contributed by atoms with van der Waals surface area (Å²) in [5, 5.41) is 8.99. The molecule has 0 radical (unpaired) electrons. The number of aliphatic hydroxyl groups is 1. The molecule has 3 heteroatoms. The minimum atomic E-state index is -0.742. The van der Waals surface area contributed by atoms with Crippen molar-refractivity contribution in [3.8, 4) is 5.75 Å². The summed E-state index contributed by atoms with van der Waals surface area (Å²) in [6.45, 7) is 13.8. The third-order valence-electron chi connectivity index (χ3n) is 3.32. The van der Waals surface area contributed by atoms with E-state index in [1.807, 2.05) is 12.1 Å². The highest BCUT2D eigenvalue weighted by atomic mass is 16.6. The van der Waals surface area contributed by atoms with Crippen LogP contribution in [-0.2, 0) is 10.2 Å². The molecule has 0 bridgehead atoms. The summed E-state index contributed by atoms with van der Waals surface area (Å²) in [7, 11) is 0. The fraction of sp³-hybridized carbons (Fsp3) is 0.667. The predicted molar refractivity (Wildman–Crippen MR) is 86.7 cm³/mol. The highest BCUT2D eigenvalue weighted by molar-refractivity contribution is 5.31. The van der Waals surface area contributed by atoms with Gasteiger partial charge >= 0.3 is 0 Å². The topological polar surface area (TPSA) is 38.7 Å². The van der Waals surface area contributed by atoms with E-state index in [0.29, 0.717) is 18.6 Å². The lowest BCUT2D eigenvalue weighted by Gasteiger charge is -2.33. The number of ether oxygens (including phenoxy) is 2. The minimum absolute atomic E-state index is 0.145. The van der Waals surface area contributed by atoms with Gasteiger partial charge in [-0.2, -0.15) is 0 Å². The van der Waals surface area contributed by atoms with Gasteiger partial charge in [0.1, 0.15) is 12.4 Å². The predicted octanol–water partition coefficient (Wildman–Crippen LogP) is 4.13. The van der Waals surface area contributed by atoms with Gasteiger partial charge in [0.05, 0.1) is 6.61 Å². The first kappa shape index (κ1) is 18.0. The van der Waals surface area contributed by atoms with Crippen LogP contribution in [0.3, 0.4) is 0 Å². The van der Waals surface area contributed by atoms with Crippen LogP contribution in [0.15, 0.2) is 24.3 Å². The fourth-order valence-electron chi connectivity index (χ4n) is 2.81. The van der Waals surface area contributed by atoms with Crippen molar-refractivity contribution in [2.75, 3.05) is 13.2 Å². The summed E-state index contributed by atoms with van der Waals surface area (Å²) < 4.78 is 10.6. The van der Waals surface area contributed by atoms with E-state index >= 15 is 0 Å². The normalized spacial score (nSPS) is 14.0. The van der Waals surface area contributed by atoms with E-state index in [1.165, 1.54) is 5.56 Å². The molecule has 1 rings (SSSR count). The van der Waals surface area contributed by atoms with E-state index in [9.17, 15) is 0 Å². The maximum Gasteiger partial charge on any atom is 0.151 e. The average Bonchev–Trinajstić information content (AvgIpc) is 2.32. The van der Waals surface area contributed by atoms with E-state index in [2.05, 4.69) is 46.8 Å². The van der Waals surface area contributed by atoms with Crippen molar-refractivity contribution >= 4 is 0 Å². The van der Waals surface area contributed by atoms with Gasteiger partial charge in [0.2, 0.25) is 0 Å². The Bertz CT molecular complexity index is 413. The molecule has 1 unspecified atom stereocenters. The molecule has 1 atom stereocenters. The van der Waals surface area contributed by atoms with Gasteiger partial charge in [0, 0.05) is 0 Å². The van der Waals surface area contributed by atoms with Gasteiger partial charge in [-0.05, 0) is 41.9 Å². The van der Waals surface area contributed by atoms with Crippen molar-refractivity contribution in [2.45, 2.75) is 59.7 Å². The SMILES string of the molecule is CC(O)OCCOc1ccc(C(C)(C)CC(C)(C)C)cc1. The highest BCUT2D eigenvalue weighted by Gasteiger charge is 2.27. The maximum absolute atomic E-state index is 8.99. The van der Waals surface area contributed by atoms with E-state index in [-0.39, 0.29) is 5.41 Å². The Morgan fingerprint density at radius 3 is 2.05 bits per heavy atom. The van der Waals surface area contributed by atoms with Crippen molar-refractivity contribution in [3.05, 3.63) is 29.8 Å². The van der Waals surface area contributed by atoms with E-state index in [0.717, 1.165) is 12.2 Å². The Morgan fingerprint density at radius 2 is 1.57 bits per heavy atom. The van der Waals surface area contributed by atoms with Crippen LogP contribution in [-0.4, -0.2) is 24.6 Å². The van der Waals surface area contributed by atoms with E-state index in [4.69, 9.17) is 14.6 Å². The molecule has 0 fully saturated rings. The molecule has 0 aliphatic heterocycles. The van der Waals surface area contributed by atoms with Gasteiger partial charge in [-0.3, -0.25) is 0 Å². The summed E-state index contributed by atoms with van der Waals surface area (Å²) in [5.74, 6) is 0.833. The molecule has 0 heterocycles. The Morgan fingerprint density at radius 1 is 1.00 bits per heavy atom. The van der Waals surface area contributed by atoms with Crippen molar-refractivity contribution in [1.82, 2.24) is 0 Å². The second-order valence-electron chi connectivity index (χ2n) is 7.46. The third kappa shape index (κ3) is 6.96. The van der Waals surface area contributed by atoms with Gasteiger partial charge in [-0.15, -0.1) is 0 Å². The van der Waals surface area contributed by atoms with Crippen LogP contribution in [0.1, 0.15) is 53.5 Å². The molecule has 0 saturated carbocycles. The van der Waals surface area contributed by atoms with E-state index < -0.39 is 6.29 Å². The lowest BCUT2D eigenvalue weighted by atomic mass is 9.72. The molecule has 0 spiro atoms. The molecule has 21 heavy (non-hydrogen) atoms. The van der Waals surface area contributed by atoms with Crippen LogP contribution < -0.4 is 4.74 Å². The molecule has 1 aromatic rings. The number of hydrogen-bond donors (Lipinski definition) is 1. The zero-order valence-electron chi connectivity index (χ0n) is 14.3. The van der Waals surface area contributed by atoms with Crippen molar-refractivity contribution < 1.29 is 14.6 Å². The fourth-order valence-corrected chi connectivity index (χ4v) is 2.81. The first-order chi connectivity index (χ1) is 9.60. The first-order valence-corrected chi connectivity index (χ1v) is 7.63. The lowest BCUT2D eigenvalue weighted by molar-refractivity contribution is -0.0913. The van der Waals surface area contributed by atoms with Crippen LogP contribution in [0.5, 0.6) is 5.75 Å². The first-order valence-electron chi connectivity index (χ1n) is 7.63. The smallest absolute Gasteiger partial charge is 0.151 e. The molecule has 1 aromatic carbocycles. The Kier molecular flexibility index (Phi) is 6.24. The lowest BCUT2D eigenvalue weighted by Crippen LogP contribution is -2.24. The second kappa shape index (κ2) is 7.28. The summed E-state index contributed by atoms with van der Waals surface area (Å²) in [4.78, 5) is 0. The number of benzene rings is 1. The molecule has 0 amide bonds. The molecule has 0 aliphatic carbocycles. The zero-order valence-corrected chi connectivity index (χ0v) is 14.3. The summed E-state index contributed by atoms with van der Waals surface area (Å²) >= 11 is 0. The summed E-state index contributed by atoms with van der Waals surface area (Å²) in [5.41, 5.74) is 1.77. The van der Waals surface area contributed by atoms with E-state index in [1.54, 1.807) is 6.92 Å². The number of aliphatic hydroxyl groups excluding tert-OH is 1. The molecule has 3 nitrogen and oxygen atoms in total. The van der Waals surface area contributed by atoms with Crippen LogP contribution >= 0.6 is 0 Å².